The van der Waals surface area contributed by atoms with E-state index in [2.05, 4.69) is 15.1 Å². The molecule has 2 aromatic heterocycles. The zero-order chi connectivity index (χ0) is 14.1. The number of nitrogens with two attached hydrogens (primary N) is 1. The van der Waals surface area contributed by atoms with E-state index < -0.39 is 0 Å². The topological polar surface area (TPSA) is 89.3 Å². The molecular weight excluding hydrogens is 261 g/mol. The quantitative estimate of drug-likeness (QED) is 0.744. The number of aromatic nitrogens is 4. The molecule has 6 nitrogen and oxygen atoms in total. The molecule has 0 amide bonds. The summed E-state index contributed by atoms with van der Waals surface area (Å²) in [4.78, 5) is 8.44. The first-order chi connectivity index (χ1) is 9.67. The summed E-state index contributed by atoms with van der Waals surface area (Å²) >= 11 is 0. The summed E-state index contributed by atoms with van der Waals surface area (Å²) in [6, 6.07) is 5.95. The van der Waals surface area contributed by atoms with E-state index in [9.17, 15) is 4.39 Å². The molecule has 102 valence electrons. The summed E-state index contributed by atoms with van der Waals surface area (Å²) in [6.45, 7) is -0.0327. The second kappa shape index (κ2) is 4.86. The molecule has 0 aliphatic rings. The number of hydrogen-bond acceptors (Lipinski definition) is 5. The van der Waals surface area contributed by atoms with Crippen LogP contribution in [0.25, 0.3) is 16.9 Å². The highest BCUT2D eigenvalue weighted by Crippen LogP contribution is 2.20. The van der Waals surface area contributed by atoms with Crippen LogP contribution in [0.1, 0.15) is 5.82 Å². The number of hydrogen-bond donors (Lipinski definition) is 2. The minimum absolute atomic E-state index is 0.0327. The minimum atomic E-state index is -0.311. The van der Waals surface area contributed by atoms with E-state index in [0.29, 0.717) is 23.6 Å². The summed E-state index contributed by atoms with van der Waals surface area (Å²) in [5, 5.41) is 13.1. The lowest BCUT2D eigenvalue weighted by Crippen LogP contribution is -2.00. The monoisotopic (exact) mass is 273 g/mol. The van der Waals surface area contributed by atoms with Gasteiger partial charge in [-0.25, -0.2) is 18.9 Å². The molecule has 1 aromatic carbocycles. The van der Waals surface area contributed by atoms with Crippen molar-refractivity contribution >= 4 is 11.5 Å². The normalized spacial score (nSPS) is 11.1. The van der Waals surface area contributed by atoms with Crippen molar-refractivity contribution in [3.8, 4) is 11.3 Å². The SMILES string of the molecule is Nc1nc(-c2ccc(F)cc2)cn2nc(CCO)nc12. The standard InChI is InChI=1S/C13H12FN5O/c14-9-3-1-8(2-4-9)10-7-19-13(12(15)16-10)17-11(18-19)5-6-20/h1-4,7,20H,5-6H2,(H2,15,16). The lowest BCUT2D eigenvalue weighted by Gasteiger charge is -2.03. The van der Waals surface area contributed by atoms with Gasteiger partial charge in [-0.05, 0) is 24.3 Å². The Labute approximate surface area is 113 Å². The summed E-state index contributed by atoms with van der Waals surface area (Å²) in [5.41, 5.74) is 7.62. The molecule has 0 fully saturated rings. The molecule has 20 heavy (non-hydrogen) atoms. The number of nitrogen functional groups attached to an aromatic ring is 1. The zero-order valence-electron chi connectivity index (χ0n) is 10.5. The number of benzene rings is 1. The van der Waals surface area contributed by atoms with Crippen molar-refractivity contribution in [2.75, 3.05) is 12.3 Å². The van der Waals surface area contributed by atoms with Crippen molar-refractivity contribution < 1.29 is 9.50 Å². The van der Waals surface area contributed by atoms with Crippen LogP contribution in [0.3, 0.4) is 0 Å². The van der Waals surface area contributed by atoms with E-state index in [4.69, 9.17) is 10.8 Å². The molecule has 0 spiro atoms. The number of anilines is 1. The van der Waals surface area contributed by atoms with E-state index in [1.54, 1.807) is 18.3 Å². The first-order valence-electron chi connectivity index (χ1n) is 6.06. The van der Waals surface area contributed by atoms with Gasteiger partial charge in [0.1, 0.15) is 5.82 Å². The predicted octanol–water partition coefficient (Wildman–Crippen LogP) is 1.05. The Morgan fingerprint density at radius 2 is 1.95 bits per heavy atom. The van der Waals surface area contributed by atoms with Crippen molar-refractivity contribution in [3.63, 3.8) is 0 Å². The van der Waals surface area contributed by atoms with Gasteiger partial charge < -0.3 is 10.8 Å². The maximum absolute atomic E-state index is 12.9. The molecule has 3 N–H and O–H groups in total. The van der Waals surface area contributed by atoms with Gasteiger partial charge in [-0.2, -0.15) is 5.10 Å². The summed E-state index contributed by atoms with van der Waals surface area (Å²) in [6.07, 6.45) is 2.03. The molecule has 0 atom stereocenters. The Hall–Kier alpha value is -2.54. The molecular formula is C13H12FN5O. The highest BCUT2D eigenvalue weighted by Gasteiger charge is 2.10. The van der Waals surface area contributed by atoms with E-state index in [1.807, 2.05) is 0 Å². The van der Waals surface area contributed by atoms with Crippen LogP contribution in [0.4, 0.5) is 10.2 Å². The number of aliphatic hydroxyl groups excluding tert-OH is 1. The molecule has 0 bridgehead atoms. The number of halogens is 1. The number of nitrogens with zero attached hydrogens (tertiary/aromatic N) is 4. The highest BCUT2D eigenvalue weighted by atomic mass is 19.1. The van der Waals surface area contributed by atoms with Crippen LogP contribution in [0, 0.1) is 5.82 Å². The fourth-order valence-corrected chi connectivity index (χ4v) is 1.92. The van der Waals surface area contributed by atoms with Gasteiger partial charge in [0, 0.05) is 12.0 Å². The smallest absolute Gasteiger partial charge is 0.198 e. The maximum Gasteiger partial charge on any atom is 0.198 e. The molecule has 0 radical (unpaired) electrons. The number of fused-ring (bicyclic) bond motifs is 1. The lowest BCUT2D eigenvalue weighted by atomic mass is 10.1. The highest BCUT2D eigenvalue weighted by molar-refractivity contribution is 5.66. The summed E-state index contributed by atoms with van der Waals surface area (Å²) < 4.78 is 14.4. The Morgan fingerprint density at radius 3 is 2.65 bits per heavy atom. The molecule has 0 aliphatic carbocycles. The van der Waals surface area contributed by atoms with Crippen molar-refractivity contribution in [1.29, 1.82) is 0 Å². The number of aliphatic hydroxyl groups is 1. The van der Waals surface area contributed by atoms with Crippen LogP contribution >= 0.6 is 0 Å². The Kier molecular flexibility index (Phi) is 3.03. The first kappa shape index (κ1) is 12.5. The van der Waals surface area contributed by atoms with Gasteiger partial charge in [0.2, 0.25) is 0 Å². The molecule has 3 aromatic rings. The third-order valence-corrected chi connectivity index (χ3v) is 2.87. The molecule has 0 saturated heterocycles. The fourth-order valence-electron chi connectivity index (χ4n) is 1.92. The van der Waals surface area contributed by atoms with Gasteiger partial charge in [-0.15, -0.1) is 0 Å². The van der Waals surface area contributed by atoms with Gasteiger partial charge >= 0.3 is 0 Å². The van der Waals surface area contributed by atoms with Crippen LogP contribution in [-0.2, 0) is 6.42 Å². The van der Waals surface area contributed by atoms with E-state index in [1.165, 1.54) is 16.6 Å². The van der Waals surface area contributed by atoms with Crippen molar-refractivity contribution in [2.24, 2.45) is 0 Å². The molecule has 3 rings (SSSR count). The molecule has 0 unspecified atom stereocenters. The zero-order valence-corrected chi connectivity index (χ0v) is 10.5. The van der Waals surface area contributed by atoms with Crippen LogP contribution < -0.4 is 5.73 Å². The predicted molar refractivity (Wildman–Crippen MR) is 71.4 cm³/mol. The van der Waals surface area contributed by atoms with Crippen molar-refractivity contribution in [1.82, 2.24) is 19.6 Å². The largest absolute Gasteiger partial charge is 0.396 e. The molecule has 0 saturated carbocycles. The van der Waals surface area contributed by atoms with Crippen LogP contribution in [-0.4, -0.2) is 31.3 Å². The Morgan fingerprint density at radius 1 is 1.20 bits per heavy atom. The van der Waals surface area contributed by atoms with Crippen molar-refractivity contribution in [2.45, 2.75) is 6.42 Å². The average molecular weight is 273 g/mol. The Bertz CT molecular complexity index is 753. The first-order valence-corrected chi connectivity index (χ1v) is 6.06. The van der Waals surface area contributed by atoms with Gasteiger partial charge in [0.25, 0.3) is 0 Å². The van der Waals surface area contributed by atoms with Gasteiger partial charge in [-0.3, -0.25) is 0 Å². The van der Waals surface area contributed by atoms with E-state index in [0.717, 1.165) is 5.56 Å². The average Bonchev–Trinajstić information content (AvgIpc) is 2.83. The number of rotatable bonds is 3. The van der Waals surface area contributed by atoms with Gasteiger partial charge in [0.15, 0.2) is 17.3 Å². The fraction of sp³-hybridized carbons (Fsp3) is 0.154. The third-order valence-electron chi connectivity index (χ3n) is 2.87. The molecule has 7 heteroatoms. The second-order valence-corrected chi connectivity index (χ2v) is 4.29. The van der Waals surface area contributed by atoms with Gasteiger partial charge in [-0.1, -0.05) is 0 Å². The van der Waals surface area contributed by atoms with Crippen LogP contribution in [0.2, 0.25) is 0 Å². The van der Waals surface area contributed by atoms with Crippen LogP contribution in [0.5, 0.6) is 0 Å². The summed E-state index contributed by atoms with van der Waals surface area (Å²) in [5.74, 6) is 0.426. The Balaban J connectivity index is 2.10. The molecule has 0 aliphatic heterocycles. The van der Waals surface area contributed by atoms with Crippen molar-refractivity contribution in [3.05, 3.63) is 42.1 Å². The van der Waals surface area contributed by atoms with E-state index >= 15 is 0 Å². The maximum atomic E-state index is 12.9. The van der Waals surface area contributed by atoms with Crippen LogP contribution in [0.15, 0.2) is 30.5 Å². The lowest BCUT2D eigenvalue weighted by molar-refractivity contribution is 0.296. The molecule has 2 heterocycles. The van der Waals surface area contributed by atoms with Gasteiger partial charge in [0.05, 0.1) is 18.5 Å². The summed E-state index contributed by atoms with van der Waals surface area (Å²) in [7, 11) is 0. The second-order valence-electron chi connectivity index (χ2n) is 4.29. The third kappa shape index (κ3) is 2.19. The van der Waals surface area contributed by atoms with E-state index in [-0.39, 0.29) is 18.2 Å². The minimum Gasteiger partial charge on any atom is -0.396 e.